The van der Waals surface area contributed by atoms with Gasteiger partial charge in [-0.15, -0.1) is 6.58 Å². The Morgan fingerprint density at radius 1 is 1.75 bits per heavy atom. The first-order chi connectivity index (χ1) is 5.88. The van der Waals surface area contributed by atoms with Gasteiger partial charge in [-0.3, -0.25) is 0 Å². The maximum Gasteiger partial charge on any atom is 0.144 e. The van der Waals surface area contributed by atoms with Gasteiger partial charge in [-0.25, -0.2) is 4.98 Å². The van der Waals surface area contributed by atoms with Crippen molar-refractivity contribution >= 4 is 5.82 Å². The molecule has 0 atom stereocenters. The minimum absolute atomic E-state index is 0.555. The number of hydrogen-bond donors (Lipinski definition) is 1. The Balaban J connectivity index is 2.83. The van der Waals surface area contributed by atoms with Crippen molar-refractivity contribution in [3.63, 3.8) is 0 Å². The molecule has 0 saturated carbocycles. The molecule has 0 spiro atoms. The zero-order chi connectivity index (χ0) is 8.81. The highest BCUT2D eigenvalue weighted by molar-refractivity contribution is 5.51. The molecule has 0 aliphatic heterocycles. The first-order valence-corrected chi connectivity index (χ1v) is 3.58. The van der Waals surface area contributed by atoms with Crippen molar-refractivity contribution in [2.75, 3.05) is 11.9 Å². The van der Waals surface area contributed by atoms with Crippen LogP contribution in [0.2, 0.25) is 0 Å². The number of aromatic nitrogens is 1. The van der Waals surface area contributed by atoms with Crippen LogP contribution in [0.3, 0.4) is 0 Å². The Morgan fingerprint density at radius 2 is 2.58 bits per heavy atom. The molecule has 0 aliphatic rings. The summed E-state index contributed by atoms with van der Waals surface area (Å²) in [7, 11) is 0. The summed E-state index contributed by atoms with van der Waals surface area (Å²) in [4.78, 5) is 4.01. The predicted octanol–water partition coefficient (Wildman–Crippen LogP) is 1.55. The fourth-order valence-corrected chi connectivity index (χ4v) is 0.805. The minimum atomic E-state index is 0.555. The standard InChI is InChI=1S/C9H9N3/c1-2-5-11-9-8(7-10)4-3-6-12-9/h2-4,6H,1,5H2,(H,11,12). The summed E-state index contributed by atoms with van der Waals surface area (Å²) in [5, 5.41) is 11.6. The molecule has 3 heteroatoms. The fourth-order valence-electron chi connectivity index (χ4n) is 0.805. The van der Waals surface area contributed by atoms with Crippen LogP contribution in [-0.4, -0.2) is 11.5 Å². The summed E-state index contributed by atoms with van der Waals surface area (Å²) in [6, 6.07) is 5.50. The lowest BCUT2D eigenvalue weighted by molar-refractivity contribution is 1.21. The van der Waals surface area contributed by atoms with E-state index in [1.807, 2.05) is 6.07 Å². The molecule has 0 unspecified atom stereocenters. The Hall–Kier alpha value is -1.82. The van der Waals surface area contributed by atoms with Gasteiger partial charge >= 0.3 is 0 Å². The number of pyridine rings is 1. The molecule has 1 heterocycles. The zero-order valence-electron chi connectivity index (χ0n) is 6.62. The van der Waals surface area contributed by atoms with Gasteiger partial charge in [-0.1, -0.05) is 6.08 Å². The average Bonchev–Trinajstić information content (AvgIpc) is 2.15. The maximum absolute atomic E-state index is 8.66. The largest absolute Gasteiger partial charge is 0.366 e. The number of anilines is 1. The van der Waals surface area contributed by atoms with Gasteiger partial charge in [0.05, 0.1) is 5.56 Å². The van der Waals surface area contributed by atoms with E-state index in [4.69, 9.17) is 5.26 Å². The fraction of sp³-hybridized carbons (Fsp3) is 0.111. The molecule has 1 aromatic heterocycles. The molecule has 0 radical (unpaired) electrons. The smallest absolute Gasteiger partial charge is 0.144 e. The molecule has 12 heavy (non-hydrogen) atoms. The van der Waals surface area contributed by atoms with Crippen molar-refractivity contribution in [3.05, 3.63) is 36.5 Å². The number of hydrogen-bond acceptors (Lipinski definition) is 3. The SMILES string of the molecule is C=CCNc1ncccc1C#N. The van der Waals surface area contributed by atoms with Crippen LogP contribution in [0.5, 0.6) is 0 Å². The monoisotopic (exact) mass is 159 g/mol. The number of nitrogens with one attached hydrogen (secondary N) is 1. The number of nitrogens with zero attached hydrogens (tertiary/aromatic N) is 2. The van der Waals surface area contributed by atoms with Crippen LogP contribution in [0.1, 0.15) is 5.56 Å². The van der Waals surface area contributed by atoms with Gasteiger partial charge in [-0.05, 0) is 12.1 Å². The molecule has 0 fully saturated rings. The molecule has 0 aromatic carbocycles. The van der Waals surface area contributed by atoms with Crippen LogP contribution < -0.4 is 5.32 Å². The van der Waals surface area contributed by atoms with Gasteiger partial charge in [0.1, 0.15) is 11.9 Å². The third-order valence-corrected chi connectivity index (χ3v) is 1.34. The lowest BCUT2D eigenvalue weighted by atomic mass is 10.3. The molecule has 0 bridgehead atoms. The summed E-state index contributed by atoms with van der Waals surface area (Å²) < 4.78 is 0. The van der Waals surface area contributed by atoms with E-state index in [9.17, 15) is 0 Å². The third-order valence-electron chi connectivity index (χ3n) is 1.34. The molecule has 3 nitrogen and oxygen atoms in total. The lowest BCUT2D eigenvalue weighted by Crippen LogP contribution is -2.01. The van der Waals surface area contributed by atoms with Gasteiger partial charge in [-0.2, -0.15) is 5.26 Å². The van der Waals surface area contributed by atoms with Crippen LogP contribution in [0.15, 0.2) is 31.0 Å². The average molecular weight is 159 g/mol. The normalized spacial score (nSPS) is 8.58. The molecule has 0 amide bonds. The predicted molar refractivity (Wildman–Crippen MR) is 47.6 cm³/mol. The first kappa shape index (κ1) is 8.28. The van der Waals surface area contributed by atoms with Crippen molar-refractivity contribution in [1.82, 2.24) is 4.98 Å². The topological polar surface area (TPSA) is 48.7 Å². The highest BCUT2D eigenvalue weighted by Gasteiger charge is 1.98. The summed E-state index contributed by atoms with van der Waals surface area (Å²) in [6.07, 6.45) is 3.36. The molecule has 1 N–H and O–H groups in total. The van der Waals surface area contributed by atoms with E-state index < -0.39 is 0 Å². The van der Waals surface area contributed by atoms with E-state index in [0.29, 0.717) is 17.9 Å². The Bertz CT molecular complexity index is 312. The van der Waals surface area contributed by atoms with Gasteiger partial charge < -0.3 is 5.32 Å². The van der Waals surface area contributed by atoms with E-state index in [1.165, 1.54) is 0 Å². The van der Waals surface area contributed by atoms with Gasteiger partial charge in [0, 0.05) is 12.7 Å². The van der Waals surface area contributed by atoms with E-state index in [2.05, 4.69) is 16.9 Å². The van der Waals surface area contributed by atoms with Gasteiger partial charge in [0.15, 0.2) is 0 Å². The lowest BCUT2D eigenvalue weighted by Gasteiger charge is -2.02. The second kappa shape index (κ2) is 4.14. The third kappa shape index (κ3) is 1.83. The quantitative estimate of drug-likeness (QED) is 0.681. The second-order valence-electron chi connectivity index (χ2n) is 2.18. The first-order valence-electron chi connectivity index (χ1n) is 3.58. The highest BCUT2D eigenvalue weighted by atomic mass is 15.0. The highest BCUT2D eigenvalue weighted by Crippen LogP contribution is 2.08. The van der Waals surface area contributed by atoms with E-state index in [1.54, 1.807) is 24.4 Å². The second-order valence-corrected chi connectivity index (χ2v) is 2.18. The van der Waals surface area contributed by atoms with Crippen LogP contribution in [0.25, 0.3) is 0 Å². The molecule has 0 aliphatic carbocycles. The summed E-state index contributed by atoms with van der Waals surface area (Å²) in [6.45, 7) is 4.17. The van der Waals surface area contributed by atoms with Crippen molar-refractivity contribution in [1.29, 1.82) is 5.26 Å². The van der Waals surface area contributed by atoms with Crippen molar-refractivity contribution in [3.8, 4) is 6.07 Å². The van der Waals surface area contributed by atoms with Gasteiger partial charge in [0.25, 0.3) is 0 Å². The van der Waals surface area contributed by atoms with E-state index >= 15 is 0 Å². The van der Waals surface area contributed by atoms with E-state index in [-0.39, 0.29) is 0 Å². The molecule has 1 rings (SSSR count). The van der Waals surface area contributed by atoms with E-state index in [0.717, 1.165) is 0 Å². The summed E-state index contributed by atoms with van der Waals surface area (Å²) >= 11 is 0. The molecular weight excluding hydrogens is 150 g/mol. The number of nitriles is 1. The molecule has 1 aromatic rings. The van der Waals surface area contributed by atoms with Crippen LogP contribution >= 0.6 is 0 Å². The Morgan fingerprint density at radius 3 is 3.25 bits per heavy atom. The summed E-state index contributed by atoms with van der Waals surface area (Å²) in [5.74, 6) is 0.611. The number of rotatable bonds is 3. The Kier molecular flexibility index (Phi) is 2.86. The molecular formula is C9H9N3. The summed E-state index contributed by atoms with van der Waals surface area (Å²) in [5.41, 5.74) is 0.555. The van der Waals surface area contributed by atoms with Crippen molar-refractivity contribution in [2.45, 2.75) is 0 Å². The molecule has 0 saturated heterocycles. The van der Waals surface area contributed by atoms with Crippen LogP contribution in [0.4, 0.5) is 5.82 Å². The van der Waals surface area contributed by atoms with Crippen LogP contribution in [0, 0.1) is 11.3 Å². The van der Waals surface area contributed by atoms with Gasteiger partial charge in [0.2, 0.25) is 0 Å². The van der Waals surface area contributed by atoms with Crippen molar-refractivity contribution < 1.29 is 0 Å². The molecule has 60 valence electrons. The zero-order valence-corrected chi connectivity index (χ0v) is 6.62. The Labute approximate surface area is 71.4 Å². The van der Waals surface area contributed by atoms with Crippen LogP contribution in [-0.2, 0) is 0 Å². The maximum atomic E-state index is 8.66. The van der Waals surface area contributed by atoms with Crippen molar-refractivity contribution in [2.24, 2.45) is 0 Å². The minimum Gasteiger partial charge on any atom is -0.366 e.